The van der Waals surface area contributed by atoms with Gasteiger partial charge in [0.15, 0.2) is 0 Å². The molecule has 0 fully saturated rings. The largest absolute Gasteiger partial charge is 0.275 e. The molecule has 0 spiro atoms. The van der Waals surface area contributed by atoms with Crippen LogP contribution in [0.4, 0.5) is 0 Å². The Labute approximate surface area is 71.6 Å². The molecule has 0 aliphatic rings. The second kappa shape index (κ2) is 3.37. The van der Waals surface area contributed by atoms with E-state index in [1.807, 2.05) is 6.26 Å². The molecule has 0 saturated heterocycles. The summed E-state index contributed by atoms with van der Waals surface area (Å²) in [4.78, 5) is 14.9. The molecule has 0 aromatic carbocycles. The minimum atomic E-state index is -0.433. The number of thiazole rings is 1. The van der Waals surface area contributed by atoms with Crippen molar-refractivity contribution in [2.24, 2.45) is 0 Å². The van der Waals surface area contributed by atoms with Crippen LogP contribution in [0, 0.1) is 0 Å². The van der Waals surface area contributed by atoms with E-state index < -0.39 is 5.24 Å². The zero-order valence-electron chi connectivity index (χ0n) is 5.13. The first kappa shape index (κ1) is 8.04. The smallest absolute Gasteiger partial charge is 0.264 e. The maximum absolute atomic E-state index is 10.5. The van der Waals surface area contributed by atoms with Gasteiger partial charge >= 0.3 is 0 Å². The first-order valence-corrected chi connectivity index (χ1v) is 4.85. The Bertz CT molecular complexity index is 248. The van der Waals surface area contributed by atoms with Gasteiger partial charge in [-0.15, -0.1) is 11.3 Å². The van der Waals surface area contributed by atoms with Crippen LogP contribution in [0.5, 0.6) is 0 Å². The zero-order chi connectivity index (χ0) is 7.56. The van der Waals surface area contributed by atoms with E-state index in [1.165, 1.54) is 29.3 Å². The van der Waals surface area contributed by atoms with Gasteiger partial charge in [0.2, 0.25) is 0 Å². The zero-order valence-corrected chi connectivity index (χ0v) is 7.52. The van der Waals surface area contributed by atoms with E-state index in [2.05, 4.69) is 4.98 Å². The van der Waals surface area contributed by atoms with Crippen LogP contribution in [0.3, 0.4) is 0 Å². The summed E-state index contributed by atoms with van der Waals surface area (Å²) in [7, 11) is 0. The summed E-state index contributed by atoms with van der Waals surface area (Å²) in [5.41, 5.74) is 0. The van der Waals surface area contributed by atoms with Crippen LogP contribution in [0.2, 0.25) is 0 Å². The molecule has 1 heterocycles. The Balaban J connectivity index is 2.88. The highest BCUT2D eigenvalue weighted by molar-refractivity contribution is 8.00. The van der Waals surface area contributed by atoms with Gasteiger partial charge < -0.3 is 0 Å². The van der Waals surface area contributed by atoms with Crippen LogP contribution in [0.15, 0.2) is 10.5 Å². The van der Waals surface area contributed by atoms with Gasteiger partial charge in [-0.3, -0.25) is 4.79 Å². The molecule has 0 bridgehead atoms. The van der Waals surface area contributed by atoms with E-state index in [0.717, 1.165) is 4.34 Å². The minimum absolute atomic E-state index is 0.433. The third-order valence-corrected chi connectivity index (χ3v) is 3.16. The topological polar surface area (TPSA) is 30.0 Å². The lowest BCUT2D eigenvalue weighted by Gasteiger charge is -1.80. The predicted molar refractivity (Wildman–Crippen MR) is 44.1 cm³/mol. The molecule has 5 heteroatoms. The maximum Gasteiger partial charge on any atom is 0.264 e. The second-order valence-electron chi connectivity index (χ2n) is 1.47. The molecule has 0 radical (unpaired) electrons. The molecule has 54 valence electrons. The van der Waals surface area contributed by atoms with Gasteiger partial charge in [-0.1, -0.05) is 11.8 Å². The van der Waals surface area contributed by atoms with Crippen molar-refractivity contribution in [2.75, 3.05) is 6.26 Å². The third kappa shape index (κ3) is 1.71. The molecule has 0 aliphatic heterocycles. The van der Waals surface area contributed by atoms with Gasteiger partial charge in [0.05, 0.1) is 6.20 Å². The summed E-state index contributed by atoms with van der Waals surface area (Å²) in [6, 6.07) is 0. The lowest BCUT2D eigenvalue weighted by atomic mass is 10.6. The first-order chi connectivity index (χ1) is 4.74. The van der Waals surface area contributed by atoms with Crippen molar-refractivity contribution in [3.05, 3.63) is 11.1 Å². The highest BCUT2D eigenvalue weighted by Crippen LogP contribution is 2.22. The molecule has 1 aromatic heterocycles. The third-order valence-electron chi connectivity index (χ3n) is 0.853. The van der Waals surface area contributed by atoms with E-state index in [1.54, 1.807) is 0 Å². The van der Waals surface area contributed by atoms with E-state index >= 15 is 0 Å². The van der Waals surface area contributed by atoms with Crippen LogP contribution >= 0.6 is 34.7 Å². The first-order valence-electron chi connectivity index (χ1n) is 2.43. The Morgan fingerprint density at radius 2 is 2.60 bits per heavy atom. The number of halogens is 1. The lowest BCUT2D eigenvalue weighted by molar-refractivity contribution is 0.108. The average Bonchev–Trinajstić information content (AvgIpc) is 2.34. The van der Waals surface area contributed by atoms with Gasteiger partial charge in [0.1, 0.15) is 9.22 Å². The van der Waals surface area contributed by atoms with Crippen molar-refractivity contribution in [2.45, 2.75) is 4.34 Å². The van der Waals surface area contributed by atoms with Crippen molar-refractivity contribution >= 4 is 39.9 Å². The number of carbonyl (C=O) groups excluding carboxylic acids is 1. The molecular formula is C5H4ClNOS2. The standard InChI is InChI=1S/C5H4ClNOS2/c1-9-5-7-2-3(10-5)4(6)8/h2H,1H3. The van der Waals surface area contributed by atoms with Gasteiger partial charge in [0.25, 0.3) is 5.24 Å². The molecule has 0 amide bonds. The molecule has 1 aromatic rings. The van der Waals surface area contributed by atoms with Crippen LogP contribution in [0.25, 0.3) is 0 Å². The van der Waals surface area contributed by atoms with Gasteiger partial charge in [-0.25, -0.2) is 4.98 Å². The summed E-state index contributed by atoms with van der Waals surface area (Å²) >= 11 is 8.01. The molecule has 0 unspecified atom stereocenters. The van der Waals surface area contributed by atoms with Gasteiger partial charge in [-0.05, 0) is 17.9 Å². The normalized spacial score (nSPS) is 9.80. The maximum atomic E-state index is 10.5. The molecular weight excluding hydrogens is 190 g/mol. The fourth-order valence-electron chi connectivity index (χ4n) is 0.443. The molecule has 10 heavy (non-hydrogen) atoms. The molecule has 0 atom stereocenters. The quantitative estimate of drug-likeness (QED) is 0.533. The van der Waals surface area contributed by atoms with E-state index in [4.69, 9.17) is 11.6 Å². The summed E-state index contributed by atoms with van der Waals surface area (Å²) in [6.07, 6.45) is 3.40. The predicted octanol–water partition coefficient (Wildman–Crippen LogP) is 2.24. The molecule has 2 nitrogen and oxygen atoms in total. The Morgan fingerprint density at radius 3 is 2.90 bits per heavy atom. The fourth-order valence-corrected chi connectivity index (χ4v) is 1.85. The molecule has 0 aliphatic carbocycles. The summed E-state index contributed by atoms with van der Waals surface area (Å²) in [5.74, 6) is 0. The highest BCUT2D eigenvalue weighted by atomic mass is 35.5. The molecule has 0 saturated carbocycles. The van der Waals surface area contributed by atoms with Crippen molar-refractivity contribution in [3.63, 3.8) is 0 Å². The summed E-state index contributed by atoms with van der Waals surface area (Å²) < 4.78 is 0.865. The van der Waals surface area contributed by atoms with E-state index in [9.17, 15) is 4.79 Å². The number of aromatic nitrogens is 1. The van der Waals surface area contributed by atoms with Crippen molar-refractivity contribution in [3.8, 4) is 0 Å². The highest BCUT2D eigenvalue weighted by Gasteiger charge is 2.05. The number of rotatable bonds is 2. The molecule has 0 N–H and O–H groups in total. The van der Waals surface area contributed by atoms with Crippen molar-refractivity contribution < 1.29 is 4.79 Å². The van der Waals surface area contributed by atoms with E-state index in [-0.39, 0.29) is 0 Å². The van der Waals surface area contributed by atoms with Crippen LogP contribution < -0.4 is 0 Å². The van der Waals surface area contributed by atoms with Crippen LogP contribution in [-0.2, 0) is 0 Å². The SMILES string of the molecule is CSc1ncc(C(=O)Cl)s1. The Hall–Kier alpha value is -0.0600. The van der Waals surface area contributed by atoms with Crippen LogP contribution in [0.1, 0.15) is 9.67 Å². The average molecular weight is 194 g/mol. The lowest BCUT2D eigenvalue weighted by Crippen LogP contribution is -1.78. The van der Waals surface area contributed by atoms with Crippen LogP contribution in [-0.4, -0.2) is 16.5 Å². The number of nitrogens with zero attached hydrogens (tertiary/aromatic N) is 1. The number of carbonyl (C=O) groups is 1. The number of thioether (sulfide) groups is 1. The summed E-state index contributed by atoms with van der Waals surface area (Å²) in [5, 5.41) is -0.433. The monoisotopic (exact) mass is 193 g/mol. The molecule has 1 rings (SSSR count). The summed E-state index contributed by atoms with van der Waals surface area (Å²) in [6.45, 7) is 0. The Kier molecular flexibility index (Phi) is 2.71. The number of hydrogen-bond donors (Lipinski definition) is 0. The van der Waals surface area contributed by atoms with Crippen molar-refractivity contribution in [1.29, 1.82) is 0 Å². The minimum Gasteiger partial charge on any atom is -0.275 e. The van der Waals surface area contributed by atoms with Gasteiger partial charge in [0, 0.05) is 0 Å². The fraction of sp³-hybridized carbons (Fsp3) is 0.200. The van der Waals surface area contributed by atoms with Gasteiger partial charge in [-0.2, -0.15) is 0 Å². The second-order valence-corrected chi connectivity index (χ2v) is 3.90. The number of hydrogen-bond acceptors (Lipinski definition) is 4. The van der Waals surface area contributed by atoms with E-state index in [0.29, 0.717) is 4.88 Å². The van der Waals surface area contributed by atoms with Crippen molar-refractivity contribution in [1.82, 2.24) is 4.98 Å². The Morgan fingerprint density at radius 1 is 1.90 bits per heavy atom.